The van der Waals surface area contributed by atoms with Crippen LogP contribution in [0.25, 0.3) is 84.7 Å². The average molecular weight is 1740 g/mol. The fraction of sp³-hybridized carbons (Fsp3) is 0.270. The van der Waals surface area contributed by atoms with Gasteiger partial charge in [-0.05, 0) is 240 Å². The van der Waals surface area contributed by atoms with Crippen molar-refractivity contribution in [2.45, 2.75) is 122 Å². The van der Waals surface area contributed by atoms with Crippen LogP contribution < -0.4 is 24.6 Å². The Morgan fingerprint density at radius 3 is 1.25 bits per heavy atom. The van der Waals surface area contributed by atoms with Gasteiger partial charge in [-0.1, -0.05) is 149 Å². The van der Waals surface area contributed by atoms with Crippen LogP contribution >= 0.6 is 73.9 Å². The van der Waals surface area contributed by atoms with Gasteiger partial charge in [0.05, 0.1) is 46.0 Å². The number of aromatic carboxylic acids is 2. The summed E-state index contributed by atoms with van der Waals surface area (Å²) in [6, 6.07) is 50.8. The number of carbonyl (C=O) groups excluding carboxylic acids is 2. The van der Waals surface area contributed by atoms with E-state index in [1.165, 1.54) is 125 Å². The first-order valence-electron chi connectivity index (χ1n) is 35.9. The minimum Gasteiger partial charge on any atom is -0.870 e. The number of hydrogen-bond donors (Lipinski definition) is 5. The van der Waals surface area contributed by atoms with Gasteiger partial charge in [-0.15, -0.1) is 58.0 Å². The van der Waals surface area contributed by atoms with Crippen molar-refractivity contribution in [3.8, 4) is 44.3 Å². The Labute approximate surface area is 725 Å². The van der Waals surface area contributed by atoms with Crippen LogP contribution in [-0.4, -0.2) is 123 Å². The second-order valence-corrected chi connectivity index (χ2v) is 31.0. The maximum atomic E-state index is 11.5. The topological polar surface area (TPSA) is 321 Å². The summed E-state index contributed by atoms with van der Waals surface area (Å²) in [5.41, 5.74) is 21.0. The molecule has 28 heteroatoms. The van der Waals surface area contributed by atoms with Gasteiger partial charge in [0.25, 0.3) is 11.8 Å². The van der Waals surface area contributed by atoms with Gasteiger partial charge in [0, 0.05) is 66.8 Å². The van der Waals surface area contributed by atoms with Gasteiger partial charge >= 0.3 is 42.7 Å². The molecule has 21 nitrogen and oxygen atoms in total. The van der Waals surface area contributed by atoms with Crippen molar-refractivity contribution < 1.29 is 91.7 Å². The molecule has 0 unspecified atom stereocenters. The minimum atomic E-state index is -0.962. The summed E-state index contributed by atoms with van der Waals surface area (Å²) in [4.78, 5) is 56.6. The Kier molecular flexibility index (Phi) is 41.6. The molecule has 117 heavy (non-hydrogen) atoms. The molecule has 0 amide bonds. The molecule has 0 atom stereocenters. The Morgan fingerprint density at radius 1 is 0.513 bits per heavy atom. The van der Waals surface area contributed by atoms with Gasteiger partial charge in [-0.3, -0.25) is 0 Å². The van der Waals surface area contributed by atoms with Crippen molar-refractivity contribution in [1.82, 2.24) is 20.3 Å². The minimum absolute atomic E-state index is 0. The summed E-state index contributed by atoms with van der Waals surface area (Å²) in [6.07, 6.45) is 2.49. The van der Waals surface area contributed by atoms with Gasteiger partial charge < -0.3 is 59.4 Å². The summed E-state index contributed by atoms with van der Waals surface area (Å²) >= 11 is 14.0. The number of benzene rings is 8. The summed E-state index contributed by atoms with van der Waals surface area (Å²) < 4.78 is 40.4. The van der Waals surface area contributed by atoms with Gasteiger partial charge in [-0.2, -0.15) is 9.97 Å². The standard InChI is InChI=1S/C20H16N2O3S.C19H14N2O3S.C11H10O2S.C10H10S.C9H10N2O3.C8H10S.C6H13BrO2.C4H8O.2CH4.Li.H2O/c1-11-4-5-12(2)17-15(11)10-16(26-17)19-21-18(22-25-19)13-6-8-14(9-7-13)20(23)24-3;1-10-3-4-11(2)16-14(10)9-15(25-16)18-20-17(21-24-18)12-5-7-13(8-6-12)19(22)23;1-6-3-4-7(2)10-8(6)5-9(14-10)11(12)13;1-7-3-4-8(2)10-9(7)5-6-11-10;1-14-9(12)7-4-2-6(3-5-7)8(10)11-13;1-6-3-4-7(2)8(9)5-6;1-3-8-6(5-7)9-4-2;1-2-4-5-3-1;;;;/h4-10H,1-3H3;3-9H,1-2H3,(H,22,23);3-5H,1-2H3,(H,12,13);3-6H,1-2H3;2-5,13H,1H3,(H2,10,11);3-5,9H,1-2H3;6H,3-5H2,1-2H3;1-4H2;2*1H4;;1H2/q;;;;;;;;;;+1;/p-1. The zero-order valence-electron chi connectivity index (χ0n) is 66.7. The second-order valence-electron chi connectivity index (χ2n) is 25.8. The zero-order valence-corrected chi connectivity index (χ0v) is 72.5. The Bertz CT molecular complexity index is 5390. The summed E-state index contributed by atoms with van der Waals surface area (Å²) in [6.45, 7) is 28.1. The Balaban J connectivity index is 0.000000293. The number of methoxy groups -OCH3 is 2. The molecule has 7 heterocycles. The number of aryl methyl sites for hydroxylation is 10. The number of carboxylic acid groups (broad SMARTS) is 2. The molecule has 1 saturated heterocycles. The first kappa shape index (κ1) is 99.7. The fourth-order valence-corrected chi connectivity index (χ4v) is 15.9. The molecule has 0 bridgehead atoms. The number of hydrogen-bond acceptors (Lipinski definition) is 23. The number of carboxylic acids is 2. The third kappa shape index (κ3) is 27.7. The van der Waals surface area contributed by atoms with E-state index in [1.807, 2.05) is 51.2 Å². The van der Waals surface area contributed by atoms with Crippen molar-refractivity contribution >= 4 is 144 Å². The molecule has 6 aromatic heterocycles. The van der Waals surface area contributed by atoms with Gasteiger partial charge in [0.2, 0.25) is 11.6 Å². The molecule has 0 spiro atoms. The van der Waals surface area contributed by atoms with E-state index in [0.717, 1.165) is 60.0 Å². The molecule has 1 aliphatic rings. The van der Waals surface area contributed by atoms with Crippen LogP contribution in [0.15, 0.2) is 188 Å². The van der Waals surface area contributed by atoms with E-state index in [9.17, 15) is 19.2 Å². The van der Waals surface area contributed by atoms with Gasteiger partial charge in [0.1, 0.15) is 4.88 Å². The quantitative estimate of drug-likeness (QED) is 0.00777. The van der Waals surface area contributed by atoms with Crippen LogP contribution in [0.5, 0.6) is 0 Å². The largest absolute Gasteiger partial charge is 1.00 e. The van der Waals surface area contributed by atoms with Crippen molar-refractivity contribution in [3.05, 3.63) is 252 Å². The fourth-order valence-electron chi connectivity index (χ4n) is 11.0. The Morgan fingerprint density at radius 2 is 0.897 bits per heavy atom. The molecule has 6 N–H and O–H groups in total. The normalized spacial score (nSPS) is 11.0. The molecule has 0 radical (unpaired) electrons. The smallest absolute Gasteiger partial charge is 0.870 e. The molecular weight excluding hydrogens is 1640 g/mol. The third-order valence-electron chi connectivity index (χ3n) is 17.5. The average Bonchev–Trinajstić information content (AvgIpc) is 1.64. The first-order chi connectivity index (χ1) is 54.2. The molecule has 15 rings (SSSR count). The molecular formula is C89H100BrLiN6O15S5. The summed E-state index contributed by atoms with van der Waals surface area (Å²) in [5.74, 6) is -0.699. The van der Waals surface area contributed by atoms with Crippen LogP contribution in [0.2, 0.25) is 0 Å². The number of nitrogens with two attached hydrogens (primary N) is 1. The molecule has 0 aliphatic carbocycles. The predicted octanol–water partition coefficient (Wildman–Crippen LogP) is 20.5. The van der Waals surface area contributed by atoms with E-state index in [4.69, 9.17) is 49.1 Å². The van der Waals surface area contributed by atoms with E-state index < -0.39 is 17.9 Å². The van der Waals surface area contributed by atoms with E-state index in [2.05, 4.69) is 192 Å². The number of amidine groups is 1. The molecule has 614 valence electrons. The van der Waals surface area contributed by atoms with Gasteiger partial charge in [0.15, 0.2) is 12.1 Å². The van der Waals surface area contributed by atoms with E-state index >= 15 is 0 Å². The van der Waals surface area contributed by atoms with Crippen LogP contribution in [0.3, 0.4) is 0 Å². The number of halogens is 1. The number of carbonyl (C=O) groups is 4. The number of thiophene rings is 4. The molecule has 14 aromatic rings. The number of alkyl halides is 1. The van der Waals surface area contributed by atoms with Crippen molar-refractivity contribution in [2.24, 2.45) is 10.9 Å². The summed E-state index contributed by atoms with van der Waals surface area (Å²) in [7, 11) is 2.66. The van der Waals surface area contributed by atoms with Crippen molar-refractivity contribution in [2.75, 3.05) is 46.0 Å². The number of esters is 2. The number of aromatic nitrogens is 4. The molecule has 1 aliphatic heterocycles. The molecule has 8 aromatic carbocycles. The monoisotopic (exact) mass is 1740 g/mol. The Hall–Kier alpha value is -9.70. The first-order valence-corrected chi connectivity index (χ1v) is 40.8. The molecule has 0 saturated carbocycles. The maximum Gasteiger partial charge on any atom is 1.00 e. The van der Waals surface area contributed by atoms with E-state index in [0.29, 0.717) is 63.8 Å². The number of rotatable bonds is 14. The van der Waals surface area contributed by atoms with E-state index in [1.54, 1.807) is 89.4 Å². The van der Waals surface area contributed by atoms with Crippen LogP contribution in [0.4, 0.5) is 0 Å². The van der Waals surface area contributed by atoms with Crippen LogP contribution in [0, 0.1) is 69.2 Å². The third-order valence-corrected chi connectivity index (χ3v) is 23.3. The van der Waals surface area contributed by atoms with Gasteiger partial charge in [-0.25, -0.2) is 19.2 Å². The van der Waals surface area contributed by atoms with Crippen LogP contribution in [0.1, 0.15) is 143 Å². The van der Waals surface area contributed by atoms with Crippen LogP contribution in [-0.2, 0) is 23.7 Å². The predicted molar refractivity (Wildman–Crippen MR) is 478 cm³/mol. The second kappa shape index (κ2) is 48.9. The number of ether oxygens (including phenoxy) is 5. The maximum absolute atomic E-state index is 11.5. The number of oxime groups is 1. The number of thiol groups is 1. The summed E-state index contributed by atoms with van der Waals surface area (Å²) in [5, 5.41) is 45.0. The molecule has 1 fully saturated rings. The van der Waals surface area contributed by atoms with E-state index in [-0.39, 0.29) is 62.8 Å². The zero-order chi connectivity index (χ0) is 82.0. The van der Waals surface area contributed by atoms with Crippen molar-refractivity contribution in [3.63, 3.8) is 0 Å². The van der Waals surface area contributed by atoms with Crippen molar-refractivity contribution in [1.29, 1.82) is 0 Å². The number of fused-ring (bicyclic) bond motifs is 4. The SMILES string of the molecule is C.C.C1CCOC1.CCOC(CBr)OCC.COC(=O)c1ccc(-c2noc(-c3cc4c(C)ccc(C)c4s3)n2)cc1.COC(=O)c1ccc(/C(N)=N/O)cc1.Cc1ccc(C)c(S)c1.Cc1ccc(C)c2sc(-c3nc(-c4ccc(C(=O)O)cc4)no3)cc12.Cc1ccc(C)c2sc(C(=O)O)cc12.Cc1ccc(C)c2sccc12.[Li+].[OH-]. The number of nitrogens with zero attached hydrogens (tertiary/aromatic N) is 5.